The van der Waals surface area contributed by atoms with Crippen molar-refractivity contribution in [1.29, 1.82) is 0 Å². The summed E-state index contributed by atoms with van der Waals surface area (Å²) in [6.45, 7) is 5.44. The van der Waals surface area contributed by atoms with Crippen molar-refractivity contribution in [2.75, 3.05) is 6.26 Å². The van der Waals surface area contributed by atoms with Gasteiger partial charge in [-0.1, -0.05) is 11.3 Å². The maximum Gasteiger partial charge on any atom is 0.419 e. The summed E-state index contributed by atoms with van der Waals surface area (Å²) >= 11 is 3.16. The Morgan fingerprint density at radius 3 is 2.54 bits per heavy atom. The summed E-state index contributed by atoms with van der Waals surface area (Å²) in [6.07, 6.45) is 2.36. The molecule has 0 saturated heterocycles. The fraction of sp³-hybridized carbons (Fsp3) is 0.312. The molecule has 0 aliphatic heterocycles. The molecule has 0 aliphatic rings. The predicted molar refractivity (Wildman–Crippen MR) is 108 cm³/mol. The molecule has 0 spiro atoms. The second kappa shape index (κ2) is 6.57. The lowest BCUT2D eigenvalue weighted by Crippen LogP contribution is -2.26. The van der Waals surface area contributed by atoms with Crippen LogP contribution in [-0.2, 0) is 14.6 Å². The molecule has 26 heavy (non-hydrogen) atoms. The molecule has 0 amide bonds. The van der Waals surface area contributed by atoms with Gasteiger partial charge in [0.05, 0.1) is 5.52 Å². The summed E-state index contributed by atoms with van der Waals surface area (Å²) in [6, 6.07) is 5.44. The molecule has 0 aliphatic carbocycles. The third-order valence-electron chi connectivity index (χ3n) is 3.32. The van der Waals surface area contributed by atoms with E-state index in [1.165, 1.54) is 4.57 Å². The Bertz CT molecular complexity index is 1110. The van der Waals surface area contributed by atoms with E-state index >= 15 is 0 Å². The Morgan fingerprint density at radius 1 is 1.27 bits per heavy atom. The Balaban J connectivity index is 2.04. The molecule has 0 atom stereocenters. The van der Waals surface area contributed by atoms with Crippen molar-refractivity contribution in [2.24, 2.45) is 0 Å². The van der Waals surface area contributed by atoms with Gasteiger partial charge >= 0.3 is 6.09 Å². The molecule has 10 heteroatoms. The van der Waals surface area contributed by atoms with Gasteiger partial charge in [-0.05, 0) is 61.6 Å². The molecule has 0 unspecified atom stereocenters. The molecule has 0 radical (unpaired) electrons. The molecule has 1 aromatic carbocycles. The Hall–Kier alpha value is -1.53. The summed E-state index contributed by atoms with van der Waals surface area (Å²) < 4.78 is 30.9. The van der Waals surface area contributed by atoms with Crippen molar-refractivity contribution in [1.82, 2.24) is 14.8 Å². The van der Waals surface area contributed by atoms with Gasteiger partial charge in [0.1, 0.15) is 10.6 Å². The van der Waals surface area contributed by atoms with Gasteiger partial charge in [-0.2, -0.15) is 0 Å². The van der Waals surface area contributed by atoms with Crippen LogP contribution in [0.15, 0.2) is 28.7 Å². The minimum Gasteiger partial charge on any atom is -0.443 e. The second-order valence-corrected chi connectivity index (χ2v) is 11.0. The molecule has 0 fully saturated rings. The van der Waals surface area contributed by atoms with E-state index in [9.17, 15) is 13.2 Å². The summed E-state index contributed by atoms with van der Waals surface area (Å²) in [5.41, 5.74) is 0.859. The smallest absolute Gasteiger partial charge is 0.419 e. The van der Waals surface area contributed by atoms with Crippen LogP contribution in [0.3, 0.4) is 0 Å². The van der Waals surface area contributed by atoms with Crippen LogP contribution in [0.5, 0.6) is 0 Å². The Kier molecular flexibility index (Phi) is 4.86. The highest BCUT2D eigenvalue weighted by molar-refractivity contribution is 14.1. The lowest BCUT2D eigenvalue weighted by atomic mass is 10.1. The van der Waals surface area contributed by atoms with Crippen LogP contribution in [0, 0.1) is 3.57 Å². The van der Waals surface area contributed by atoms with E-state index < -0.39 is 21.5 Å². The molecular weight excluding hydrogens is 489 g/mol. The largest absolute Gasteiger partial charge is 0.443 e. The van der Waals surface area contributed by atoms with Crippen LogP contribution in [0.1, 0.15) is 20.8 Å². The molecular formula is C16H16IN3O4S2. The number of benzene rings is 1. The number of carbonyl (C=O) groups excluding carboxylic acids is 1. The highest BCUT2D eigenvalue weighted by Crippen LogP contribution is 2.31. The first kappa shape index (κ1) is 19.2. The molecule has 0 N–H and O–H groups in total. The number of nitrogens with zero attached hydrogens (tertiary/aromatic N) is 3. The lowest BCUT2D eigenvalue weighted by Gasteiger charge is -2.19. The Labute approximate surface area is 168 Å². The Morgan fingerprint density at radius 2 is 1.96 bits per heavy atom. The zero-order valence-corrected chi connectivity index (χ0v) is 18.3. The normalized spacial score (nSPS) is 12.5. The number of hydrogen-bond acceptors (Lipinski definition) is 7. The van der Waals surface area contributed by atoms with Gasteiger partial charge in [0.2, 0.25) is 14.2 Å². The first-order valence-corrected chi connectivity index (χ1v) is 11.3. The first-order chi connectivity index (χ1) is 12.0. The highest BCUT2D eigenvalue weighted by atomic mass is 127. The van der Waals surface area contributed by atoms with Crippen LogP contribution in [0.2, 0.25) is 0 Å². The van der Waals surface area contributed by atoms with Crippen molar-refractivity contribution in [2.45, 2.75) is 30.7 Å². The third kappa shape index (κ3) is 3.91. The van der Waals surface area contributed by atoms with Crippen LogP contribution >= 0.6 is 33.9 Å². The standard InChI is InChI=1S/C16H16IN3O4S2/c1-16(2,3)24-15(21)20-8-11(17)10-7-9(5-6-12(10)20)13-18-19-14(25-13)26(4,22)23/h5-8H,1-4H3. The van der Waals surface area contributed by atoms with E-state index in [1.807, 2.05) is 26.8 Å². The average Bonchev–Trinajstić information content (AvgIpc) is 3.10. The van der Waals surface area contributed by atoms with Gasteiger partial charge in [0.15, 0.2) is 0 Å². The highest BCUT2D eigenvalue weighted by Gasteiger charge is 2.21. The van der Waals surface area contributed by atoms with E-state index in [0.717, 1.165) is 32.1 Å². The number of fused-ring (bicyclic) bond motifs is 1. The number of ether oxygens (including phenoxy) is 1. The summed E-state index contributed by atoms with van der Waals surface area (Å²) in [7, 11) is -3.39. The zero-order valence-electron chi connectivity index (χ0n) is 14.5. The number of sulfone groups is 1. The van der Waals surface area contributed by atoms with Gasteiger partial charge in [-0.25, -0.2) is 13.2 Å². The molecule has 3 rings (SSSR count). The molecule has 3 aromatic rings. The van der Waals surface area contributed by atoms with Crippen LogP contribution in [0.4, 0.5) is 4.79 Å². The van der Waals surface area contributed by atoms with Gasteiger partial charge in [0, 0.05) is 27.0 Å². The molecule has 138 valence electrons. The average molecular weight is 505 g/mol. The molecule has 0 saturated carbocycles. The maximum absolute atomic E-state index is 12.4. The number of halogens is 1. The van der Waals surface area contributed by atoms with Crippen molar-refractivity contribution in [3.8, 4) is 10.6 Å². The van der Waals surface area contributed by atoms with Crippen molar-refractivity contribution < 1.29 is 17.9 Å². The zero-order chi connectivity index (χ0) is 19.3. The van der Waals surface area contributed by atoms with E-state index in [0.29, 0.717) is 10.5 Å². The van der Waals surface area contributed by atoms with Gasteiger partial charge in [-0.3, -0.25) is 4.57 Å². The first-order valence-electron chi connectivity index (χ1n) is 7.53. The van der Waals surface area contributed by atoms with E-state index in [1.54, 1.807) is 18.3 Å². The third-order valence-corrected chi connectivity index (χ3v) is 6.82. The van der Waals surface area contributed by atoms with Gasteiger partial charge in [-0.15, -0.1) is 10.2 Å². The fourth-order valence-electron chi connectivity index (χ4n) is 2.26. The summed E-state index contributed by atoms with van der Waals surface area (Å²) in [4.78, 5) is 12.4. The summed E-state index contributed by atoms with van der Waals surface area (Å²) in [5.74, 6) is 0. The van der Waals surface area contributed by atoms with Crippen LogP contribution < -0.4 is 0 Å². The molecule has 0 bridgehead atoms. The van der Waals surface area contributed by atoms with Crippen LogP contribution in [-0.4, -0.2) is 41.1 Å². The van der Waals surface area contributed by atoms with Crippen LogP contribution in [0.25, 0.3) is 21.5 Å². The summed E-state index contributed by atoms with van der Waals surface area (Å²) in [5, 5.41) is 9.07. The molecule has 7 nitrogen and oxygen atoms in total. The topological polar surface area (TPSA) is 91.2 Å². The van der Waals surface area contributed by atoms with Crippen molar-refractivity contribution in [3.05, 3.63) is 28.0 Å². The van der Waals surface area contributed by atoms with Gasteiger partial charge < -0.3 is 4.74 Å². The molecule has 2 aromatic heterocycles. The van der Waals surface area contributed by atoms with Gasteiger partial charge in [0.25, 0.3) is 0 Å². The molecule has 2 heterocycles. The SMILES string of the molecule is CC(C)(C)OC(=O)n1cc(I)c2cc(-c3nnc(S(C)(=O)=O)s3)ccc21. The fourth-order valence-corrected chi connectivity index (χ4v) is 4.58. The maximum atomic E-state index is 12.4. The number of rotatable bonds is 2. The minimum absolute atomic E-state index is 0.0198. The van der Waals surface area contributed by atoms with E-state index in [2.05, 4.69) is 32.8 Å². The lowest BCUT2D eigenvalue weighted by molar-refractivity contribution is 0.0544. The quantitative estimate of drug-likeness (QED) is 0.490. The number of carbonyl (C=O) groups is 1. The number of hydrogen-bond donors (Lipinski definition) is 0. The second-order valence-electron chi connectivity index (χ2n) is 6.70. The monoisotopic (exact) mass is 505 g/mol. The predicted octanol–water partition coefficient (Wildman–Crippen LogP) is 3.95. The number of aromatic nitrogens is 3. The van der Waals surface area contributed by atoms with E-state index in [4.69, 9.17) is 4.74 Å². The van der Waals surface area contributed by atoms with Crippen molar-refractivity contribution >= 4 is 60.8 Å². The van der Waals surface area contributed by atoms with Crippen molar-refractivity contribution in [3.63, 3.8) is 0 Å². The minimum atomic E-state index is -3.39. The van der Waals surface area contributed by atoms with E-state index in [-0.39, 0.29) is 4.34 Å².